The molecule has 5 heteroatoms. The molecule has 1 N–H and O–H groups in total. The Morgan fingerprint density at radius 1 is 0.970 bits per heavy atom. The van der Waals surface area contributed by atoms with Gasteiger partial charge in [0.15, 0.2) is 6.61 Å². The number of rotatable bonds is 10. The molecule has 3 rings (SSSR count). The van der Waals surface area contributed by atoms with E-state index in [1.54, 1.807) is 4.90 Å². The van der Waals surface area contributed by atoms with E-state index in [2.05, 4.69) is 19.2 Å². The summed E-state index contributed by atoms with van der Waals surface area (Å²) >= 11 is 0. The molecule has 0 aromatic heterocycles. The Morgan fingerprint density at radius 2 is 1.67 bits per heavy atom. The topological polar surface area (TPSA) is 58.6 Å². The van der Waals surface area contributed by atoms with Gasteiger partial charge in [-0.1, -0.05) is 81.4 Å². The maximum Gasteiger partial charge on any atom is 0.261 e. The molecule has 0 saturated carbocycles. The van der Waals surface area contributed by atoms with Crippen molar-refractivity contribution >= 4 is 22.6 Å². The first-order chi connectivity index (χ1) is 15.9. The number of carbonyl (C=O) groups is 2. The fraction of sp³-hybridized carbons (Fsp3) is 0.357. The zero-order valence-corrected chi connectivity index (χ0v) is 20.0. The van der Waals surface area contributed by atoms with E-state index in [9.17, 15) is 9.59 Å². The standard InChI is InChI=1S/C28H34N2O3/c1-5-25(28(32)29-17-20(2)3)30(18-23-13-7-6-11-21(23)4)27(31)19-33-26-16-10-14-22-12-8-9-15-24(22)26/h6-16,20,25H,5,17-19H2,1-4H3,(H,29,32). The average Bonchev–Trinajstić information content (AvgIpc) is 2.82. The number of fused-ring (bicyclic) bond motifs is 1. The predicted molar refractivity (Wildman–Crippen MR) is 133 cm³/mol. The van der Waals surface area contributed by atoms with E-state index in [1.165, 1.54) is 0 Å². The van der Waals surface area contributed by atoms with Crippen molar-refractivity contribution in [3.05, 3.63) is 77.9 Å². The summed E-state index contributed by atoms with van der Waals surface area (Å²) in [4.78, 5) is 28.1. The summed E-state index contributed by atoms with van der Waals surface area (Å²) in [5, 5.41) is 5.01. The fourth-order valence-electron chi connectivity index (χ4n) is 3.86. The number of carbonyl (C=O) groups excluding carboxylic acids is 2. The van der Waals surface area contributed by atoms with Crippen LogP contribution in [0.1, 0.15) is 38.3 Å². The van der Waals surface area contributed by atoms with Crippen molar-refractivity contribution in [1.29, 1.82) is 0 Å². The van der Waals surface area contributed by atoms with Crippen LogP contribution >= 0.6 is 0 Å². The summed E-state index contributed by atoms with van der Waals surface area (Å²) in [6.45, 7) is 8.86. The van der Waals surface area contributed by atoms with Gasteiger partial charge in [0.25, 0.3) is 5.91 Å². The van der Waals surface area contributed by atoms with Crippen LogP contribution in [0.3, 0.4) is 0 Å². The first-order valence-corrected chi connectivity index (χ1v) is 11.6. The van der Waals surface area contributed by atoms with Gasteiger partial charge in [-0.2, -0.15) is 0 Å². The molecule has 3 aromatic carbocycles. The summed E-state index contributed by atoms with van der Waals surface area (Å²) < 4.78 is 5.98. The smallest absolute Gasteiger partial charge is 0.261 e. The van der Waals surface area contributed by atoms with Gasteiger partial charge in [0.1, 0.15) is 11.8 Å². The van der Waals surface area contributed by atoms with Crippen LogP contribution < -0.4 is 10.1 Å². The van der Waals surface area contributed by atoms with Crippen molar-refractivity contribution in [3.8, 4) is 5.75 Å². The average molecular weight is 447 g/mol. The molecule has 33 heavy (non-hydrogen) atoms. The molecule has 0 saturated heterocycles. The lowest BCUT2D eigenvalue weighted by atomic mass is 10.1. The number of nitrogens with one attached hydrogen (secondary N) is 1. The summed E-state index contributed by atoms with van der Waals surface area (Å²) in [5.41, 5.74) is 2.11. The molecule has 0 radical (unpaired) electrons. The van der Waals surface area contributed by atoms with Gasteiger partial charge in [-0.05, 0) is 41.8 Å². The van der Waals surface area contributed by atoms with E-state index in [0.717, 1.165) is 21.9 Å². The summed E-state index contributed by atoms with van der Waals surface area (Å²) in [7, 11) is 0. The molecule has 174 valence electrons. The second-order valence-corrected chi connectivity index (χ2v) is 8.78. The highest BCUT2D eigenvalue weighted by Crippen LogP contribution is 2.25. The van der Waals surface area contributed by atoms with E-state index < -0.39 is 6.04 Å². The lowest BCUT2D eigenvalue weighted by Gasteiger charge is -2.31. The van der Waals surface area contributed by atoms with E-state index in [4.69, 9.17) is 4.74 Å². The third-order valence-corrected chi connectivity index (χ3v) is 5.77. The molecule has 0 aliphatic heterocycles. The van der Waals surface area contributed by atoms with Gasteiger partial charge in [0, 0.05) is 18.5 Å². The lowest BCUT2D eigenvalue weighted by molar-refractivity contribution is -0.143. The van der Waals surface area contributed by atoms with Crippen LogP contribution in [0.4, 0.5) is 0 Å². The molecule has 1 unspecified atom stereocenters. The van der Waals surface area contributed by atoms with Crippen LogP contribution in [-0.2, 0) is 16.1 Å². The van der Waals surface area contributed by atoms with Gasteiger partial charge in [-0.15, -0.1) is 0 Å². The van der Waals surface area contributed by atoms with Gasteiger partial charge >= 0.3 is 0 Å². The quantitative estimate of drug-likeness (QED) is 0.471. The lowest BCUT2D eigenvalue weighted by Crippen LogP contribution is -2.50. The van der Waals surface area contributed by atoms with Crippen LogP contribution in [0.5, 0.6) is 5.75 Å². The number of benzene rings is 3. The fourth-order valence-corrected chi connectivity index (χ4v) is 3.86. The van der Waals surface area contributed by atoms with E-state index in [1.807, 2.05) is 80.6 Å². The Morgan fingerprint density at radius 3 is 2.39 bits per heavy atom. The monoisotopic (exact) mass is 446 g/mol. The maximum absolute atomic E-state index is 13.4. The van der Waals surface area contributed by atoms with Crippen molar-refractivity contribution in [2.24, 2.45) is 5.92 Å². The van der Waals surface area contributed by atoms with E-state index in [-0.39, 0.29) is 18.4 Å². The first kappa shape index (κ1) is 24.3. The Kier molecular flexibility index (Phi) is 8.47. The highest BCUT2D eigenvalue weighted by molar-refractivity contribution is 5.90. The zero-order valence-electron chi connectivity index (χ0n) is 20.0. The minimum absolute atomic E-state index is 0.127. The minimum atomic E-state index is -0.563. The number of ether oxygens (including phenoxy) is 1. The van der Waals surface area contributed by atoms with E-state index in [0.29, 0.717) is 31.2 Å². The molecular formula is C28H34N2O3. The molecule has 5 nitrogen and oxygen atoms in total. The SMILES string of the molecule is CCC(C(=O)NCC(C)C)N(Cc1ccccc1C)C(=O)COc1cccc2ccccc12. The number of aryl methyl sites for hydroxylation is 1. The Bertz CT molecular complexity index is 1090. The second-order valence-electron chi connectivity index (χ2n) is 8.78. The molecule has 0 aliphatic carbocycles. The van der Waals surface area contributed by atoms with Gasteiger partial charge in [-0.25, -0.2) is 0 Å². The molecule has 3 aromatic rings. The highest BCUT2D eigenvalue weighted by Gasteiger charge is 2.29. The summed E-state index contributed by atoms with van der Waals surface area (Å²) in [5.74, 6) is 0.660. The van der Waals surface area contributed by atoms with Crippen molar-refractivity contribution in [2.75, 3.05) is 13.2 Å². The van der Waals surface area contributed by atoms with Crippen LogP contribution in [-0.4, -0.2) is 35.9 Å². The van der Waals surface area contributed by atoms with Crippen molar-refractivity contribution in [3.63, 3.8) is 0 Å². The number of hydrogen-bond donors (Lipinski definition) is 1. The Balaban J connectivity index is 1.83. The molecular weight excluding hydrogens is 412 g/mol. The van der Waals surface area contributed by atoms with Crippen LogP contribution in [0, 0.1) is 12.8 Å². The normalized spacial score (nSPS) is 11.9. The van der Waals surface area contributed by atoms with Gasteiger partial charge < -0.3 is 15.0 Å². The minimum Gasteiger partial charge on any atom is -0.483 e. The maximum atomic E-state index is 13.4. The second kappa shape index (κ2) is 11.5. The number of nitrogens with zero attached hydrogens (tertiary/aromatic N) is 1. The predicted octanol–water partition coefficient (Wildman–Crippen LogP) is 5.11. The van der Waals surface area contributed by atoms with Crippen LogP contribution in [0.25, 0.3) is 10.8 Å². The zero-order chi connectivity index (χ0) is 23.8. The van der Waals surface area contributed by atoms with Gasteiger partial charge in [-0.3, -0.25) is 9.59 Å². The highest BCUT2D eigenvalue weighted by atomic mass is 16.5. The molecule has 0 heterocycles. The van der Waals surface area contributed by atoms with Crippen molar-refractivity contribution in [1.82, 2.24) is 10.2 Å². The van der Waals surface area contributed by atoms with Gasteiger partial charge in [0.2, 0.25) is 5.91 Å². The van der Waals surface area contributed by atoms with E-state index >= 15 is 0 Å². The number of amides is 2. The largest absolute Gasteiger partial charge is 0.483 e. The third kappa shape index (κ3) is 6.35. The third-order valence-electron chi connectivity index (χ3n) is 5.77. The molecule has 0 bridgehead atoms. The van der Waals surface area contributed by atoms with Crippen molar-refractivity contribution < 1.29 is 14.3 Å². The number of hydrogen-bond acceptors (Lipinski definition) is 3. The molecule has 0 spiro atoms. The van der Waals surface area contributed by atoms with Crippen molar-refractivity contribution in [2.45, 2.75) is 46.7 Å². The summed E-state index contributed by atoms with van der Waals surface area (Å²) in [6, 6.07) is 21.1. The molecule has 0 aliphatic rings. The molecule has 2 amide bonds. The molecule has 0 fully saturated rings. The van der Waals surface area contributed by atoms with Gasteiger partial charge in [0.05, 0.1) is 0 Å². The Labute approximate surface area is 196 Å². The first-order valence-electron chi connectivity index (χ1n) is 11.6. The van der Waals surface area contributed by atoms with Crippen LogP contribution in [0.15, 0.2) is 66.7 Å². The molecule has 1 atom stereocenters. The van der Waals surface area contributed by atoms with Crippen LogP contribution in [0.2, 0.25) is 0 Å². The summed E-state index contributed by atoms with van der Waals surface area (Å²) in [6.07, 6.45) is 0.524. The Hall–Kier alpha value is -3.34.